The van der Waals surface area contributed by atoms with Gasteiger partial charge in [0.2, 0.25) is 0 Å². The number of nitriles is 1. The third kappa shape index (κ3) is 1.84. The van der Waals surface area contributed by atoms with Crippen molar-refractivity contribution >= 4 is 16.6 Å². The fourth-order valence-electron chi connectivity index (χ4n) is 3.96. The Hall–Kier alpha value is -2.34. The highest BCUT2D eigenvalue weighted by molar-refractivity contribution is 5.83. The first-order chi connectivity index (χ1) is 10.6. The number of rotatable bonds is 2. The number of aromatic amines is 1. The van der Waals surface area contributed by atoms with Gasteiger partial charge in [-0.25, -0.2) is 4.98 Å². The predicted molar refractivity (Wildman–Crippen MR) is 87.8 cm³/mol. The number of fused-ring (bicyclic) bond motifs is 2. The number of allylic oxidation sites excluding steroid dienone is 4. The lowest BCUT2D eigenvalue weighted by Gasteiger charge is -2.56. The SMILES string of the molecule is CC1(C)C2CC=C(/C=C(\C#N)c3nc4ccccc4[nH]3)C1C2. The minimum atomic E-state index is 0.370. The van der Waals surface area contributed by atoms with Gasteiger partial charge in [-0.15, -0.1) is 0 Å². The molecule has 22 heavy (non-hydrogen) atoms. The standard InChI is InChI=1S/C19H19N3/c1-19(2)14-8-7-12(15(19)10-14)9-13(11-20)18-21-16-5-3-4-6-17(16)22-18/h3-7,9,14-15H,8,10H2,1-2H3,(H,21,22)/b13-9+. The number of hydrogen-bond acceptors (Lipinski definition) is 2. The Bertz CT molecular complexity index is 812. The summed E-state index contributed by atoms with van der Waals surface area (Å²) in [6, 6.07) is 10.2. The number of benzene rings is 1. The van der Waals surface area contributed by atoms with Crippen molar-refractivity contribution in [3.63, 3.8) is 0 Å². The molecular formula is C19H19N3. The molecule has 3 aliphatic carbocycles. The van der Waals surface area contributed by atoms with Crippen molar-refractivity contribution in [2.75, 3.05) is 0 Å². The smallest absolute Gasteiger partial charge is 0.149 e. The minimum Gasteiger partial charge on any atom is -0.337 e. The van der Waals surface area contributed by atoms with E-state index in [2.05, 4.69) is 36.0 Å². The summed E-state index contributed by atoms with van der Waals surface area (Å²) < 4.78 is 0. The fraction of sp³-hybridized carbons (Fsp3) is 0.368. The maximum absolute atomic E-state index is 9.56. The molecule has 2 atom stereocenters. The van der Waals surface area contributed by atoms with Crippen molar-refractivity contribution in [1.29, 1.82) is 5.26 Å². The predicted octanol–water partition coefficient (Wildman–Crippen LogP) is 4.46. The molecule has 1 aromatic carbocycles. The van der Waals surface area contributed by atoms with Gasteiger partial charge >= 0.3 is 0 Å². The summed E-state index contributed by atoms with van der Waals surface area (Å²) in [6.45, 7) is 4.69. The molecule has 2 unspecified atom stereocenters. The summed E-state index contributed by atoms with van der Waals surface area (Å²) in [7, 11) is 0. The number of nitrogens with zero attached hydrogens (tertiary/aromatic N) is 2. The van der Waals surface area contributed by atoms with Gasteiger partial charge in [0.1, 0.15) is 11.9 Å². The molecule has 2 aromatic rings. The molecular weight excluding hydrogens is 270 g/mol. The van der Waals surface area contributed by atoms with Crippen LogP contribution < -0.4 is 0 Å². The van der Waals surface area contributed by atoms with E-state index in [9.17, 15) is 5.26 Å². The van der Waals surface area contributed by atoms with Gasteiger partial charge < -0.3 is 4.98 Å². The highest BCUT2D eigenvalue weighted by atomic mass is 14.9. The maximum atomic E-state index is 9.56. The molecule has 110 valence electrons. The Labute approximate surface area is 130 Å². The van der Waals surface area contributed by atoms with Crippen LogP contribution in [0.3, 0.4) is 0 Å². The first kappa shape index (κ1) is 13.3. The van der Waals surface area contributed by atoms with Gasteiger partial charge in [-0.1, -0.05) is 32.1 Å². The van der Waals surface area contributed by atoms with Crippen LogP contribution in [0.15, 0.2) is 42.0 Å². The van der Waals surface area contributed by atoms with E-state index in [4.69, 9.17) is 0 Å². The zero-order valence-electron chi connectivity index (χ0n) is 12.9. The zero-order chi connectivity index (χ0) is 15.3. The Kier molecular flexibility index (Phi) is 2.77. The van der Waals surface area contributed by atoms with Crippen molar-refractivity contribution in [3.8, 4) is 6.07 Å². The van der Waals surface area contributed by atoms with Crippen LogP contribution in [0.1, 0.15) is 32.5 Å². The average molecular weight is 289 g/mol. The lowest BCUT2D eigenvalue weighted by atomic mass is 9.49. The van der Waals surface area contributed by atoms with Gasteiger partial charge in [-0.3, -0.25) is 0 Å². The van der Waals surface area contributed by atoms with Gasteiger partial charge in [-0.05, 0) is 53.9 Å². The molecule has 3 aliphatic rings. The van der Waals surface area contributed by atoms with Crippen molar-refractivity contribution < 1.29 is 0 Å². The van der Waals surface area contributed by atoms with E-state index in [1.165, 1.54) is 12.0 Å². The van der Waals surface area contributed by atoms with E-state index in [-0.39, 0.29) is 0 Å². The van der Waals surface area contributed by atoms with E-state index in [0.29, 0.717) is 22.7 Å². The Morgan fingerprint density at radius 3 is 2.91 bits per heavy atom. The maximum Gasteiger partial charge on any atom is 0.149 e. The van der Waals surface area contributed by atoms with Crippen LogP contribution in [0.2, 0.25) is 0 Å². The number of para-hydroxylation sites is 2. The molecule has 2 bridgehead atoms. The molecule has 3 heteroatoms. The van der Waals surface area contributed by atoms with Gasteiger partial charge in [0.15, 0.2) is 0 Å². The molecule has 1 N–H and O–H groups in total. The largest absolute Gasteiger partial charge is 0.337 e. The molecule has 3 nitrogen and oxygen atoms in total. The number of aromatic nitrogens is 2. The van der Waals surface area contributed by atoms with E-state index >= 15 is 0 Å². The van der Waals surface area contributed by atoms with Crippen molar-refractivity contribution in [2.24, 2.45) is 17.3 Å². The highest BCUT2D eigenvalue weighted by Crippen LogP contribution is 2.59. The quantitative estimate of drug-likeness (QED) is 0.830. The molecule has 5 rings (SSSR count). The molecule has 1 saturated carbocycles. The Morgan fingerprint density at radius 1 is 1.41 bits per heavy atom. The number of hydrogen-bond donors (Lipinski definition) is 1. The van der Waals surface area contributed by atoms with Crippen molar-refractivity contribution in [3.05, 3.63) is 47.8 Å². The molecule has 1 fully saturated rings. The summed E-state index contributed by atoms with van der Waals surface area (Å²) in [4.78, 5) is 7.81. The Morgan fingerprint density at radius 2 is 2.23 bits per heavy atom. The van der Waals surface area contributed by atoms with E-state index < -0.39 is 0 Å². The van der Waals surface area contributed by atoms with Crippen LogP contribution in [0.5, 0.6) is 0 Å². The Balaban J connectivity index is 1.73. The van der Waals surface area contributed by atoms with Crippen molar-refractivity contribution in [1.82, 2.24) is 9.97 Å². The summed E-state index contributed by atoms with van der Waals surface area (Å²) in [5, 5.41) is 9.56. The highest BCUT2D eigenvalue weighted by Gasteiger charge is 2.50. The van der Waals surface area contributed by atoms with Crippen LogP contribution in [0.25, 0.3) is 16.6 Å². The first-order valence-corrected chi connectivity index (χ1v) is 7.86. The van der Waals surface area contributed by atoms with Crippen LogP contribution in [0.4, 0.5) is 0 Å². The van der Waals surface area contributed by atoms with Gasteiger partial charge in [0, 0.05) is 0 Å². The first-order valence-electron chi connectivity index (χ1n) is 7.86. The van der Waals surface area contributed by atoms with Crippen molar-refractivity contribution in [2.45, 2.75) is 26.7 Å². The number of nitrogens with one attached hydrogen (secondary N) is 1. The van der Waals surface area contributed by atoms with Gasteiger partial charge in [-0.2, -0.15) is 5.26 Å². The lowest BCUT2D eigenvalue weighted by molar-refractivity contribution is -0.00324. The normalized spacial score (nSPS) is 26.2. The third-order valence-electron chi connectivity index (χ3n) is 5.59. The van der Waals surface area contributed by atoms with Crippen LogP contribution in [-0.4, -0.2) is 9.97 Å². The second kappa shape index (κ2) is 4.58. The van der Waals surface area contributed by atoms with Crippen LogP contribution in [-0.2, 0) is 0 Å². The summed E-state index contributed by atoms with van der Waals surface area (Å²) in [5.41, 5.74) is 4.18. The second-order valence-corrected chi connectivity index (χ2v) is 7.02. The van der Waals surface area contributed by atoms with E-state index in [0.717, 1.165) is 23.4 Å². The minimum absolute atomic E-state index is 0.370. The molecule has 1 aromatic heterocycles. The molecule has 0 amide bonds. The molecule has 0 aliphatic heterocycles. The van der Waals surface area contributed by atoms with E-state index in [1.54, 1.807) is 0 Å². The number of H-pyrrole nitrogens is 1. The second-order valence-electron chi connectivity index (χ2n) is 7.02. The fourth-order valence-corrected chi connectivity index (χ4v) is 3.96. The van der Waals surface area contributed by atoms with Gasteiger partial charge in [0.05, 0.1) is 16.6 Å². The van der Waals surface area contributed by atoms with Crippen LogP contribution in [0, 0.1) is 28.6 Å². The third-order valence-corrected chi connectivity index (χ3v) is 5.59. The van der Waals surface area contributed by atoms with E-state index in [1.807, 2.05) is 30.3 Å². The summed E-state index contributed by atoms with van der Waals surface area (Å²) in [5.74, 6) is 2.06. The van der Waals surface area contributed by atoms with Crippen LogP contribution >= 0.6 is 0 Å². The van der Waals surface area contributed by atoms with Gasteiger partial charge in [0.25, 0.3) is 0 Å². The number of imidazole rings is 1. The molecule has 0 saturated heterocycles. The molecule has 0 radical (unpaired) electrons. The topological polar surface area (TPSA) is 52.5 Å². The lowest BCUT2D eigenvalue weighted by Crippen LogP contribution is -2.47. The monoisotopic (exact) mass is 289 g/mol. The summed E-state index contributed by atoms with van der Waals surface area (Å²) in [6.07, 6.45) is 6.74. The average Bonchev–Trinajstić information content (AvgIpc) is 2.96. The molecule has 1 heterocycles. The molecule has 0 spiro atoms. The summed E-state index contributed by atoms with van der Waals surface area (Å²) >= 11 is 0. The zero-order valence-corrected chi connectivity index (χ0v) is 12.9.